The number of allylic oxidation sites excluding steroid dienone is 2. The summed E-state index contributed by atoms with van der Waals surface area (Å²) in [4.78, 5) is 24.9. The minimum Gasteiger partial charge on any atom is -0.480 e. The Hall–Kier alpha value is -1.40. The van der Waals surface area contributed by atoms with E-state index in [0.29, 0.717) is 26.0 Å². The first kappa shape index (κ1) is 44.6. The average Bonchev–Trinajstić information content (AvgIpc) is 3.05. The lowest BCUT2D eigenvalue weighted by atomic mass is 10.0. The normalized spacial score (nSPS) is 12.9. The van der Waals surface area contributed by atoms with Gasteiger partial charge in [-0.2, -0.15) is 0 Å². The summed E-state index contributed by atoms with van der Waals surface area (Å²) in [5.41, 5.74) is 5.61. The van der Waals surface area contributed by atoms with Gasteiger partial charge >= 0.3 is 11.9 Å². The number of carboxylic acids is 1. The van der Waals surface area contributed by atoms with E-state index in [1.54, 1.807) is 0 Å². The van der Waals surface area contributed by atoms with Crippen LogP contribution in [0.15, 0.2) is 12.2 Å². The number of ether oxygens (including phenoxy) is 1. The number of esters is 1. The molecule has 0 radical (unpaired) electrons. The van der Waals surface area contributed by atoms with Crippen LogP contribution in [-0.2, 0) is 14.3 Å². The van der Waals surface area contributed by atoms with Crippen molar-refractivity contribution in [2.75, 3.05) is 13.2 Å². The molecule has 6 nitrogen and oxygen atoms in total. The average molecular weight is 651 g/mol. The highest BCUT2D eigenvalue weighted by atomic mass is 16.5. The Morgan fingerprint density at radius 2 is 0.957 bits per heavy atom. The maximum Gasteiger partial charge on any atom is 0.323 e. The van der Waals surface area contributed by atoms with Gasteiger partial charge in [0.15, 0.2) is 0 Å². The number of carboxylic acid groups (broad SMARTS) is 1. The maximum atomic E-state index is 13.0. The molecule has 0 aliphatic carbocycles. The molecule has 0 aromatic heterocycles. The van der Waals surface area contributed by atoms with Crippen molar-refractivity contribution in [2.45, 2.75) is 219 Å². The molecule has 46 heavy (non-hydrogen) atoms. The summed E-state index contributed by atoms with van der Waals surface area (Å²) >= 11 is 0. The SMILES string of the molecule is CCCCCCCC/C=C\CCCCCCC(N[C@@H](CCCCN)C(=O)O)C(=O)OCCCCCCCCCCCCCCCC. The number of carbonyl (C=O) groups is 2. The zero-order valence-electron chi connectivity index (χ0n) is 30.7. The van der Waals surface area contributed by atoms with Crippen LogP contribution in [0.2, 0.25) is 0 Å². The Balaban J connectivity index is 4.24. The summed E-state index contributed by atoms with van der Waals surface area (Å²) in [6.07, 6.45) is 39.9. The number of unbranched alkanes of at least 4 members (excludes halogenated alkanes) is 24. The van der Waals surface area contributed by atoms with Crippen molar-refractivity contribution in [3.8, 4) is 0 Å². The molecule has 0 aliphatic rings. The summed E-state index contributed by atoms with van der Waals surface area (Å²) in [5.74, 6) is -1.20. The largest absolute Gasteiger partial charge is 0.480 e. The van der Waals surface area contributed by atoms with Crippen LogP contribution in [0, 0.1) is 0 Å². The van der Waals surface area contributed by atoms with Crippen molar-refractivity contribution in [2.24, 2.45) is 5.73 Å². The number of hydrogen-bond donors (Lipinski definition) is 3. The Kier molecular flexibility index (Phi) is 35.3. The Morgan fingerprint density at radius 1 is 0.565 bits per heavy atom. The summed E-state index contributed by atoms with van der Waals surface area (Å²) in [7, 11) is 0. The molecule has 272 valence electrons. The first-order valence-corrected chi connectivity index (χ1v) is 20.1. The predicted octanol–water partition coefficient (Wildman–Crippen LogP) is 11.2. The van der Waals surface area contributed by atoms with Crippen LogP contribution < -0.4 is 11.1 Å². The minimum absolute atomic E-state index is 0.294. The van der Waals surface area contributed by atoms with Gasteiger partial charge in [0, 0.05) is 0 Å². The summed E-state index contributed by atoms with van der Waals surface area (Å²) in [6.45, 7) is 5.50. The maximum absolute atomic E-state index is 13.0. The number of aliphatic carboxylic acids is 1. The molecule has 4 N–H and O–H groups in total. The van der Waals surface area contributed by atoms with Crippen LogP contribution >= 0.6 is 0 Å². The molecule has 0 rings (SSSR count). The van der Waals surface area contributed by atoms with Gasteiger partial charge in [-0.25, -0.2) is 0 Å². The highest BCUT2D eigenvalue weighted by molar-refractivity contribution is 5.78. The third-order valence-electron chi connectivity index (χ3n) is 9.18. The highest BCUT2D eigenvalue weighted by Gasteiger charge is 2.26. The molecule has 0 spiro atoms. The van der Waals surface area contributed by atoms with E-state index in [9.17, 15) is 14.7 Å². The topological polar surface area (TPSA) is 102 Å². The molecule has 0 amide bonds. The van der Waals surface area contributed by atoms with Gasteiger partial charge in [-0.05, 0) is 57.9 Å². The van der Waals surface area contributed by atoms with Crippen LogP contribution in [0.4, 0.5) is 0 Å². The van der Waals surface area contributed by atoms with E-state index in [1.165, 1.54) is 122 Å². The number of carbonyl (C=O) groups excluding carboxylic acids is 1. The smallest absolute Gasteiger partial charge is 0.323 e. The third-order valence-corrected chi connectivity index (χ3v) is 9.18. The molecular formula is C40H78N2O4. The van der Waals surface area contributed by atoms with E-state index in [0.717, 1.165) is 57.8 Å². The molecule has 0 aromatic rings. The second kappa shape index (κ2) is 36.4. The summed E-state index contributed by atoms with van der Waals surface area (Å²) in [5, 5.41) is 12.9. The monoisotopic (exact) mass is 651 g/mol. The van der Waals surface area contributed by atoms with Gasteiger partial charge in [0.1, 0.15) is 12.1 Å². The third kappa shape index (κ3) is 31.2. The lowest BCUT2D eigenvalue weighted by Gasteiger charge is -2.22. The number of rotatable bonds is 37. The molecule has 1 unspecified atom stereocenters. The van der Waals surface area contributed by atoms with Crippen LogP contribution in [0.1, 0.15) is 206 Å². The lowest BCUT2D eigenvalue weighted by molar-refractivity contribution is -0.148. The van der Waals surface area contributed by atoms with E-state index in [1.807, 2.05) is 0 Å². The molecule has 0 aromatic carbocycles. The summed E-state index contributed by atoms with van der Waals surface area (Å²) in [6, 6.07) is -1.32. The van der Waals surface area contributed by atoms with Crippen molar-refractivity contribution in [3.63, 3.8) is 0 Å². The van der Waals surface area contributed by atoms with Crippen LogP contribution in [0.3, 0.4) is 0 Å². The number of nitrogens with one attached hydrogen (secondary N) is 1. The first-order chi connectivity index (χ1) is 22.6. The van der Waals surface area contributed by atoms with Gasteiger partial charge in [0.2, 0.25) is 0 Å². The number of hydrogen-bond acceptors (Lipinski definition) is 5. The predicted molar refractivity (Wildman–Crippen MR) is 197 cm³/mol. The zero-order valence-corrected chi connectivity index (χ0v) is 30.7. The van der Waals surface area contributed by atoms with Crippen molar-refractivity contribution < 1.29 is 19.4 Å². The van der Waals surface area contributed by atoms with Gasteiger partial charge in [-0.15, -0.1) is 0 Å². The van der Waals surface area contributed by atoms with E-state index in [2.05, 4.69) is 31.3 Å². The fourth-order valence-corrected chi connectivity index (χ4v) is 6.10. The zero-order chi connectivity index (χ0) is 33.8. The fourth-order valence-electron chi connectivity index (χ4n) is 6.10. The molecule has 0 saturated heterocycles. The van der Waals surface area contributed by atoms with Crippen molar-refractivity contribution in [1.82, 2.24) is 5.32 Å². The highest BCUT2D eigenvalue weighted by Crippen LogP contribution is 2.15. The van der Waals surface area contributed by atoms with Crippen LogP contribution in [-0.4, -0.2) is 42.3 Å². The van der Waals surface area contributed by atoms with Gasteiger partial charge < -0.3 is 15.6 Å². The van der Waals surface area contributed by atoms with E-state index in [-0.39, 0.29) is 5.97 Å². The number of nitrogens with two attached hydrogens (primary N) is 1. The molecule has 0 heterocycles. The van der Waals surface area contributed by atoms with Crippen molar-refractivity contribution in [3.05, 3.63) is 12.2 Å². The van der Waals surface area contributed by atoms with E-state index >= 15 is 0 Å². The van der Waals surface area contributed by atoms with E-state index < -0.39 is 18.1 Å². The first-order valence-electron chi connectivity index (χ1n) is 20.1. The Bertz CT molecular complexity index is 684. The minimum atomic E-state index is -0.908. The molecule has 0 fully saturated rings. The van der Waals surface area contributed by atoms with Gasteiger partial charge in [-0.1, -0.05) is 167 Å². The fraction of sp³-hybridized carbons (Fsp3) is 0.900. The van der Waals surface area contributed by atoms with Crippen molar-refractivity contribution >= 4 is 11.9 Å². The summed E-state index contributed by atoms with van der Waals surface area (Å²) < 4.78 is 5.66. The second-order valence-electron chi connectivity index (χ2n) is 13.7. The quantitative estimate of drug-likeness (QED) is 0.0351. The Morgan fingerprint density at radius 3 is 1.41 bits per heavy atom. The molecule has 0 aliphatic heterocycles. The lowest BCUT2D eigenvalue weighted by Crippen LogP contribution is -2.47. The standard InChI is InChI=1S/C40H78N2O4/c1-3-5-7-9-11-13-15-17-19-21-23-25-27-29-34-38(42-37(39(43)44)33-30-31-35-41)40(45)46-36-32-28-26-24-22-20-18-16-14-12-10-8-6-4-2/h17,19,37-38,42H,3-16,18,20-36,41H2,1-2H3,(H,43,44)/b19-17-/t37-,38?/m0/s1. The second-order valence-corrected chi connectivity index (χ2v) is 13.7. The van der Waals surface area contributed by atoms with Crippen LogP contribution in [0.5, 0.6) is 0 Å². The molecule has 0 bridgehead atoms. The molecule has 0 saturated carbocycles. The molecule has 2 atom stereocenters. The van der Waals surface area contributed by atoms with Gasteiger partial charge in [0.25, 0.3) is 0 Å². The van der Waals surface area contributed by atoms with Crippen molar-refractivity contribution in [1.29, 1.82) is 0 Å². The van der Waals surface area contributed by atoms with Gasteiger partial charge in [0.05, 0.1) is 6.61 Å². The van der Waals surface area contributed by atoms with E-state index in [4.69, 9.17) is 10.5 Å². The molecular weight excluding hydrogens is 572 g/mol. The Labute approximate surface area is 285 Å². The van der Waals surface area contributed by atoms with Crippen LogP contribution in [0.25, 0.3) is 0 Å². The molecule has 6 heteroatoms. The van der Waals surface area contributed by atoms with Gasteiger partial charge in [-0.3, -0.25) is 14.9 Å².